The van der Waals surface area contributed by atoms with E-state index in [0.717, 1.165) is 5.57 Å². The second kappa shape index (κ2) is 7.45. The Morgan fingerprint density at radius 2 is 2.05 bits per heavy atom. The summed E-state index contributed by atoms with van der Waals surface area (Å²) in [5, 5.41) is 0. The maximum absolute atomic E-state index is 12.0. The predicted molar refractivity (Wildman–Crippen MR) is 77.9 cm³/mol. The topological polar surface area (TPSA) is 65.1 Å². The average molecular weight is 299 g/mol. The Kier molecular flexibility index (Phi) is 6.20. The first kappa shape index (κ1) is 17.5. The number of carbonyl (C=O) groups excluding carboxylic acids is 2. The van der Waals surface area contributed by atoms with Crippen LogP contribution in [-0.2, 0) is 19.0 Å². The molecular weight excluding hydrogens is 274 g/mol. The summed E-state index contributed by atoms with van der Waals surface area (Å²) in [6.07, 6.45) is 1.36. The third kappa shape index (κ3) is 5.75. The summed E-state index contributed by atoms with van der Waals surface area (Å²) in [4.78, 5) is 25.2. The van der Waals surface area contributed by atoms with Crippen LogP contribution in [0.1, 0.15) is 34.1 Å². The van der Waals surface area contributed by atoms with Gasteiger partial charge in [-0.05, 0) is 39.7 Å². The lowest BCUT2D eigenvalue weighted by Crippen LogP contribution is -2.46. The third-order valence-electron chi connectivity index (χ3n) is 3.00. The first-order chi connectivity index (χ1) is 9.76. The quantitative estimate of drug-likeness (QED) is 0.590. The van der Waals surface area contributed by atoms with Gasteiger partial charge in [-0.1, -0.05) is 0 Å². The van der Waals surface area contributed by atoms with Gasteiger partial charge in [-0.25, -0.2) is 9.59 Å². The van der Waals surface area contributed by atoms with Gasteiger partial charge >= 0.3 is 12.1 Å². The van der Waals surface area contributed by atoms with Crippen LogP contribution in [0.2, 0.25) is 0 Å². The lowest BCUT2D eigenvalue weighted by molar-refractivity contribution is -0.137. The van der Waals surface area contributed by atoms with Gasteiger partial charge in [0.25, 0.3) is 0 Å². The van der Waals surface area contributed by atoms with E-state index in [1.54, 1.807) is 18.9 Å². The SMILES string of the molecule is CCOC(=O)C=C1CCN(C(=O)OC(C)(C)C)CC1OC. The summed E-state index contributed by atoms with van der Waals surface area (Å²) < 4.78 is 15.6. The summed E-state index contributed by atoms with van der Waals surface area (Å²) in [6.45, 7) is 8.45. The summed E-state index contributed by atoms with van der Waals surface area (Å²) in [5.74, 6) is -0.375. The molecule has 0 bridgehead atoms. The summed E-state index contributed by atoms with van der Waals surface area (Å²) >= 11 is 0. The second-order valence-corrected chi connectivity index (χ2v) is 5.87. The number of piperidine rings is 1. The summed E-state index contributed by atoms with van der Waals surface area (Å²) in [7, 11) is 1.56. The van der Waals surface area contributed by atoms with Crippen molar-refractivity contribution in [1.29, 1.82) is 0 Å². The molecule has 0 spiro atoms. The van der Waals surface area contributed by atoms with Gasteiger partial charge in [0, 0.05) is 19.7 Å². The van der Waals surface area contributed by atoms with Crippen LogP contribution in [0.3, 0.4) is 0 Å². The van der Waals surface area contributed by atoms with Gasteiger partial charge in [0.2, 0.25) is 0 Å². The number of esters is 1. The van der Waals surface area contributed by atoms with E-state index >= 15 is 0 Å². The lowest BCUT2D eigenvalue weighted by atomic mass is 10.0. The van der Waals surface area contributed by atoms with Crippen LogP contribution in [0, 0.1) is 0 Å². The number of hydrogen-bond acceptors (Lipinski definition) is 5. The zero-order valence-electron chi connectivity index (χ0n) is 13.5. The molecule has 1 unspecified atom stereocenters. The van der Waals surface area contributed by atoms with Crippen LogP contribution < -0.4 is 0 Å². The molecule has 1 aliphatic heterocycles. The van der Waals surface area contributed by atoms with Crippen molar-refractivity contribution < 1.29 is 23.8 Å². The minimum atomic E-state index is -0.527. The van der Waals surface area contributed by atoms with Crippen LogP contribution in [0.4, 0.5) is 4.79 Å². The molecule has 1 saturated heterocycles. The first-order valence-corrected chi connectivity index (χ1v) is 7.14. The number of methoxy groups -OCH3 is 1. The molecular formula is C15H25NO5. The van der Waals surface area contributed by atoms with Crippen molar-refractivity contribution in [3.63, 3.8) is 0 Å². The average Bonchev–Trinajstić information content (AvgIpc) is 2.37. The van der Waals surface area contributed by atoms with E-state index < -0.39 is 5.60 Å². The highest BCUT2D eigenvalue weighted by molar-refractivity contribution is 5.83. The molecule has 6 nitrogen and oxygen atoms in total. The lowest BCUT2D eigenvalue weighted by Gasteiger charge is -2.35. The van der Waals surface area contributed by atoms with Crippen molar-refractivity contribution in [1.82, 2.24) is 4.90 Å². The highest BCUT2D eigenvalue weighted by atomic mass is 16.6. The molecule has 0 aromatic carbocycles. The predicted octanol–water partition coefficient (Wildman–Crippen LogP) is 2.13. The van der Waals surface area contributed by atoms with Crippen LogP contribution in [0.25, 0.3) is 0 Å². The van der Waals surface area contributed by atoms with Crippen molar-refractivity contribution in [2.75, 3.05) is 26.8 Å². The van der Waals surface area contributed by atoms with Crippen molar-refractivity contribution in [3.8, 4) is 0 Å². The molecule has 0 saturated carbocycles. The van der Waals surface area contributed by atoms with Crippen molar-refractivity contribution in [2.45, 2.75) is 45.8 Å². The van der Waals surface area contributed by atoms with Gasteiger partial charge in [0.1, 0.15) is 5.60 Å². The van der Waals surface area contributed by atoms with Crippen LogP contribution in [-0.4, -0.2) is 55.5 Å². The van der Waals surface area contributed by atoms with E-state index in [1.807, 2.05) is 20.8 Å². The molecule has 6 heteroatoms. The number of likely N-dealkylation sites (tertiary alicyclic amines) is 1. The standard InChI is InChI=1S/C15H25NO5/c1-6-20-13(17)9-11-7-8-16(10-12(11)19-5)14(18)21-15(2,3)4/h9,12H,6-8,10H2,1-5H3. The van der Waals surface area contributed by atoms with E-state index in [4.69, 9.17) is 14.2 Å². The summed E-state index contributed by atoms with van der Waals surface area (Å²) in [5.41, 5.74) is 0.316. The molecule has 1 atom stereocenters. The van der Waals surface area contributed by atoms with Crippen molar-refractivity contribution in [3.05, 3.63) is 11.6 Å². The van der Waals surface area contributed by atoms with Crippen molar-refractivity contribution in [2.24, 2.45) is 0 Å². The monoisotopic (exact) mass is 299 g/mol. The van der Waals surface area contributed by atoms with E-state index in [1.165, 1.54) is 6.08 Å². The molecule has 0 radical (unpaired) electrons. The Morgan fingerprint density at radius 1 is 1.38 bits per heavy atom. The van der Waals surface area contributed by atoms with E-state index in [-0.39, 0.29) is 18.2 Å². The normalized spacial score (nSPS) is 21.3. The molecule has 1 aliphatic rings. The molecule has 0 N–H and O–H groups in total. The highest BCUT2D eigenvalue weighted by Gasteiger charge is 2.30. The zero-order valence-corrected chi connectivity index (χ0v) is 13.5. The molecule has 0 aromatic heterocycles. The maximum Gasteiger partial charge on any atom is 0.410 e. The number of carbonyl (C=O) groups is 2. The minimum Gasteiger partial charge on any atom is -0.463 e. The van der Waals surface area contributed by atoms with Gasteiger partial charge in [0.05, 0.1) is 19.3 Å². The number of amides is 1. The Hall–Kier alpha value is -1.56. The van der Waals surface area contributed by atoms with Crippen LogP contribution >= 0.6 is 0 Å². The van der Waals surface area contributed by atoms with Gasteiger partial charge in [-0.2, -0.15) is 0 Å². The highest BCUT2D eigenvalue weighted by Crippen LogP contribution is 2.21. The number of nitrogens with zero attached hydrogens (tertiary/aromatic N) is 1. The fraction of sp³-hybridized carbons (Fsp3) is 0.733. The molecule has 0 aromatic rings. The molecule has 120 valence electrons. The minimum absolute atomic E-state index is 0.310. The largest absolute Gasteiger partial charge is 0.463 e. The van der Waals surface area contributed by atoms with E-state index in [2.05, 4.69) is 0 Å². The summed E-state index contributed by atoms with van der Waals surface area (Å²) in [6, 6.07) is 0. The number of hydrogen-bond donors (Lipinski definition) is 0. The third-order valence-corrected chi connectivity index (χ3v) is 3.00. The fourth-order valence-corrected chi connectivity index (χ4v) is 2.05. The molecule has 1 fully saturated rings. The number of ether oxygens (including phenoxy) is 3. The maximum atomic E-state index is 12.0. The Bertz CT molecular complexity index is 411. The first-order valence-electron chi connectivity index (χ1n) is 7.14. The molecule has 0 aliphatic carbocycles. The van der Waals surface area contributed by atoms with Crippen LogP contribution in [0.15, 0.2) is 11.6 Å². The molecule has 21 heavy (non-hydrogen) atoms. The molecule has 1 heterocycles. The van der Waals surface area contributed by atoms with Crippen LogP contribution in [0.5, 0.6) is 0 Å². The number of rotatable bonds is 3. The van der Waals surface area contributed by atoms with Gasteiger partial charge < -0.3 is 19.1 Å². The van der Waals surface area contributed by atoms with Gasteiger partial charge in [0.15, 0.2) is 0 Å². The van der Waals surface area contributed by atoms with Gasteiger partial charge in [-0.15, -0.1) is 0 Å². The Morgan fingerprint density at radius 3 is 2.57 bits per heavy atom. The van der Waals surface area contributed by atoms with E-state index in [9.17, 15) is 9.59 Å². The Labute approximate surface area is 126 Å². The van der Waals surface area contributed by atoms with Gasteiger partial charge in [-0.3, -0.25) is 0 Å². The second-order valence-electron chi connectivity index (χ2n) is 5.87. The zero-order chi connectivity index (χ0) is 16.0. The smallest absolute Gasteiger partial charge is 0.410 e. The van der Waals surface area contributed by atoms with E-state index in [0.29, 0.717) is 26.1 Å². The molecule has 1 rings (SSSR count). The Balaban J connectivity index is 2.69. The van der Waals surface area contributed by atoms with Crippen molar-refractivity contribution >= 4 is 12.1 Å². The molecule has 1 amide bonds. The fourth-order valence-electron chi connectivity index (χ4n) is 2.05.